The number of nitro groups is 1. The summed E-state index contributed by atoms with van der Waals surface area (Å²) >= 11 is 1.64. The summed E-state index contributed by atoms with van der Waals surface area (Å²) < 4.78 is 31.4. The quantitative estimate of drug-likeness (QED) is 0.548. The van der Waals surface area contributed by atoms with Crippen molar-refractivity contribution in [1.29, 1.82) is 0 Å². The first-order valence-corrected chi connectivity index (χ1v) is 8.71. The second-order valence-electron chi connectivity index (χ2n) is 3.87. The van der Waals surface area contributed by atoms with Crippen molar-refractivity contribution >= 4 is 42.8 Å². The summed E-state index contributed by atoms with van der Waals surface area (Å²) in [4.78, 5) is 14.2. The lowest BCUT2D eigenvalue weighted by Gasteiger charge is -2.00. The molecule has 3 aromatic rings. The average molecular weight is 358 g/mol. The highest BCUT2D eigenvalue weighted by Crippen LogP contribution is 2.32. The van der Waals surface area contributed by atoms with Gasteiger partial charge in [0, 0.05) is 6.07 Å². The fraction of sp³-hybridized carbons (Fsp3) is 0. The summed E-state index contributed by atoms with van der Waals surface area (Å²) in [6.07, 6.45) is 2.38. The second-order valence-corrected chi connectivity index (χ2v) is 7.87. The Morgan fingerprint density at radius 2 is 2.09 bits per heavy atom. The second kappa shape index (κ2) is 5.47. The molecule has 0 unspecified atom stereocenters. The first-order valence-electron chi connectivity index (χ1n) is 5.59. The van der Waals surface area contributed by atoms with Crippen LogP contribution in [0.15, 0.2) is 39.4 Å². The molecule has 0 saturated carbocycles. The van der Waals surface area contributed by atoms with Gasteiger partial charge < -0.3 is 4.52 Å². The highest BCUT2D eigenvalue weighted by atomic mass is 32.2. The molecule has 0 radical (unpaired) electrons. The highest BCUT2D eigenvalue weighted by molar-refractivity contribution is 7.95. The average Bonchev–Trinajstić information content (AvgIpc) is 3.19. The predicted octanol–water partition coefficient (Wildman–Crippen LogP) is 2.57. The van der Waals surface area contributed by atoms with Crippen LogP contribution in [0.1, 0.15) is 0 Å². The third-order valence-electron chi connectivity index (χ3n) is 2.43. The Labute approximate surface area is 131 Å². The van der Waals surface area contributed by atoms with Gasteiger partial charge in [0.25, 0.3) is 10.0 Å². The van der Waals surface area contributed by atoms with Crippen LogP contribution in [0.2, 0.25) is 0 Å². The van der Waals surface area contributed by atoms with Gasteiger partial charge in [-0.25, -0.2) is 13.4 Å². The van der Waals surface area contributed by atoms with E-state index in [1.54, 1.807) is 12.1 Å². The molecule has 0 fully saturated rings. The number of aromatic nitrogens is 2. The minimum atomic E-state index is -3.86. The van der Waals surface area contributed by atoms with Crippen molar-refractivity contribution in [2.75, 3.05) is 4.72 Å². The van der Waals surface area contributed by atoms with E-state index < -0.39 is 14.9 Å². The Kier molecular flexibility index (Phi) is 3.64. The van der Waals surface area contributed by atoms with Crippen LogP contribution in [-0.2, 0) is 10.0 Å². The maximum Gasteiger partial charge on any atom is 0.345 e. The first-order chi connectivity index (χ1) is 10.5. The molecule has 9 nitrogen and oxygen atoms in total. The highest BCUT2D eigenvalue weighted by Gasteiger charge is 2.21. The number of rotatable bonds is 5. The van der Waals surface area contributed by atoms with Crippen LogP contribution in [0.3, 0.4) is 0 Å². The lowest BCUT2D eigenvalue weighted by Crippen LogP contribution is -2.10. The largest absolute Gasteiger partial charge is 0.364 e. The molecule has 0 aromatic carbocycles. The Bertz CT molecular complexity index is 912. The molecular formula is C10H6N4O5S3. The minimum Gasteiger partial charge on any atom is -0.364 e. The number of hydrogen-bond donors (Lipinski definition) is 1. The van der Waals surface area contributed by atoms with Crippen LogP contribution in [0.5, 0.6) is 0 Å². The standard InChI is InChI=1S/C10H6N4O5S3/c15-14(16)8-5-11-10(21-8)13-22(17,18)9-2-1-7(20-9)6-3-4-19-12-6/h1-5H,(H,11,13). The van der Waals surface area contributed by atoms with E-state index >= 15 is 0 Å². The molecular weight excluding hydrogens is 352 g/mol. The number of thiazole rings is 1. The minimum absolute atomic E-state index is 0.0448. The number of thiophene rings is 1. The van der Waals surface area contributed by atoms with Gasteiger partial charge in [-0.1, -0.05) is 5.16 Å². The fourth-order valence-corrected chi connectivity index (χ4v) is 4.65. The Hall–Kier alpha value is -2.31. The van der Waals surface area contributed by atoms with Gasteiger partial charge in [0.15, 0.2) is 0 Å². The number of anilines is 1. The van der Waals surface area contributed by atoms with Crippen molar-refractivity contribution in [2.45, 2.75) is 4.21 Å². The van der Waals surface area contributed by atoms with Gasteiger partial charge in [-0.3, -0.25) is 14.8 Å². The zero-order chi connectivity index (χ0) is 15.7. The SMILES string of the molecule is O=[N+]([O-])c1cnc(NS(=O)(=O)c2ccc(-c3ccon3)s2)s1. The van der Waals surface area contributed by atoms with E-state index in [0.29, 0.717) is 21.9 Å². The van der Waals surface area contributed by atoms with Crippen LogP contribution in [0, 0.1) is 10.1 Å². The molecule has 3 rings (SSSR count). The summed E-state index contributed by atoms with van der Waals surface area (Å²) in [7, 11) is -3.86. The number of sulfonamides is 1. The van der Waals surface area contributed by atoms with Crippen molar-refractivity contribution in [3.8, 4) is 10.6 Å². The monoisotopic (exact) mass is 358 g/mol. The number of nitrogens with one attached hydrogen (secondary N) is 1. The van der Waals surface area contributed by atoms with E-state index in [1.165, 1.54) is 12.3 Å². The van der Waals surface area contributed by atoms with Crippen LogP contribution in [-0.4, -0.2) is 23.5 Å². The van der Waals surface area contributed by atoms with Crippen LogP contribution < -0.4 is 4.72 Å². The smallest absolute Gasteiger partial charge is 0.345 e. The van der Waals surface area contributed by atoms with Gasteiger partial charge in [-0.15, -0.1) is 11.3 Å². The summed E-state index contributed by atoms with van der Waals surface area (Å²) in [5.41, 5.74) is 0.524. The van der Waals surface area contributed by atoms with Gasteiger partial charge in [0.2, 0.25) is 5.13 Å². The van der Waals surface area contributed by atoms with Crippen LogP contribution >= 0.6 is 22.7 Å². The molecule has 1 N–H and O–H groups in total. The fourth-order valence-electron chi connectivity index (χ4n) is 1.50. The summed E-state index contributed by atoms with van der Waals surface area (Å²) in [6.45, 7) is 0. The maximum atomic E-state index is 12.2. The third kappa shape index (κ3) is 2.84. The van der Waals surface area contributed by atoms with E-state index in [9.17, 15) is 18.5 Å². The van der Waals surface area contributed by atoms with Crippen molar-refractivity contribution in [1.82, 2.24) is 10.1 Å². The van der Waals surface area contributed by atoms with E-state index in [0.717, 1.165) is 17.5 Å². The Morgan fingerprint density at radius 3 is 2.73 bits per heavy atom. The van der Waals surface area contributed by atoms with Crippen molar-refractivity contribution in [3.63, 3.8) is 0 Å². The molecule has 0 aliphatic heterocycles. The molecule has 3 heterocycles. The predicted molar refractivity (Wildman–Crippen MR) is 79.4 cm³/mol. The van der Waals surface area contributed by atoms with Crippen LogP contribution in [0.25, 0.3) is 10.6 Å². The zero-order valence-electron chi connectivity index (χ0n) is 10.5. The molecule has 0 atom stereocenters. The zero-order valence-corrected chi connectivity index (χ0v) is 12.9. The van der Waals surface area contributed by atoms with E-state index in [1.807, 2.05) is 0 Å². The maximum absolute atomic E-state index is 12.2. The van der Waals surface area contributed by atoms with Gasteiger partial charge in [0.1, 0.15) is 22.4 Å². The lowest BCUT2D eigenvalue weighted by atomic mass is 10.3. The number of hydrogen-bond acceptors (Lipinski definition) is 9. The molecule has 114 valence electrons. The van der Waals surface area contributed by atoms with Crippen molar-refractivity contribution in [3.05, 3.63) is 40.8 Å². The Balaban J connectivity index is 1.85. The number of nitrogens with zero attached hydrogens (tertiary/aromatic N) is 3. The van der Waals surface area contributed by atoms with Gasteiger partial charge in [-0.2, -0.15) is 0 Å². The molecule has 3 aromatic heterocycles. The van der Waals surface area contributed by atoms with Gasteiger partial charge in [0.05, 0.1) is 9.80 Å². The van der Waals surface area contributed by atoms with E-state index in [4.69, 9.17) is 4.52 Å². The molecule has 12 heteroatoms. The summed E-state index contributed by atoms with van der Waals surface area (Å²) in [5.74, 6) is 0. The van der Waals surface area contributed by atoms with Crippen molar-refractivity contribution < 1.29 is 17.9 Å². The molecule has 22 heavy (non-hydrogen) atoms. The van der Waals surface area contributed by atoms with Crippen molar-refractivity contribution in [2.24, 2.45) is 0 Å². The van der Waals surface area contributed by atoms with Gasteiger partial charge in [-0.05, 0) is 23.5 Å². The lowest BCUT2D eigenvalue weighted by molar-refractivity contribution is -0.380. The van der Waals surface area contributed by atoms with E-state index in [2.05, 4.69) is 14.9 Å². The normalized spacial score (nSPS) is 11.5. The third-order valence-corrected chi connectivity index (χ3v) is 6.36. The summed E-state index contributed by atoms with van der Waals surface area (Å²) in [5, 5.41) is 14.0. The molecule has 0 aliphatic rings. The topological polar surface area (TPSA) is 128 Å². The molecule has 0 amide bonds. The molecule has 0 saturated heterocycles. The van der Waals surface area contributed by atoms with Crippen LogP contribution in [0.4, 0.5) is 10.1 Å². The molecule has 0 spiro atoms. The van der Waals surface area contributed by atoms with Gasteiger partial charge >= 0.3 is 5.00 Å². The molecule has 0 bridgehead atoms. The molecule has 0 aliphatic carbocycles. The summed E-state index contributed by atoms with van der Waals surface area (Å²) in [6, 6.07) is 4.63. The first kappa shape index (κ1) is 14.6. The Morgan fingerprint density at radius 1 is 1.27 bits per heavy atom. The van der Waals surface area contributed by atoms with E-state index in [-0.39, 0.29) is 14.3 Å².